The molecule has 3 heteroatoms. The summed E-state index contributed by atoms with van der Waals surface area (Å²) >= 11 is 1.84. The average molecular weight is 174 g/mol. The first kappa shape index (κ1) is 8.91. The summed E-state index contributed by atoms with van der Waals surface area (Å²) in [5.41, 5.74) is 0. The molecule has 0 aliphatic carbocycles. The van der Waals surface area contributed by atoms with Gasteiger partial charge in [-0.15, -0.1) is 0 Å². The highest BCUT2D eigenvalue weighted by molar-refractivity contribution is 7.99. The molecule has 11 heavy (non-hydrogen) atoms. The molecule has 2 nitrogen and oxygen atoms in total. The molecule has 0 saturated carbocycles. The van der Waals surface area contributed by atoms with Crippen LogP contribution in [0.5, 0.6) is 0 Å². The van der Waals surface area contributed by atoms with Gasteiger partial charge in [0.15, 0.2) is 0 Å². The number of carbonyl (C=O) groups excluding carboxylic acids is 1. The monoisotopic (exact) mass is 174 g/mol. The van der Waals surface area contributed by atoms with Gasteiger partial charge in [-0.05, 0) is 18.6 Å². The maximum Gasteiger partial charge on any atom is 0.309 e. The molecule has 1 fully saturated rings. The summed E-state index contributed by atoms with van der Waals surface area (Å²) in [6, 6.07) is 0. The van der Waals surface area contributed by atoms with Crippen LogP contribution in [-0.2, 0) is 9.53 Å². The number of carbonyl (C=O) groups is 1. The van der Waals surface area contributed by atoms with Crippen molar-refractivity contribution >= 4 is 17.7 Å². The van der Waals surface area contributed by atoms with Gasteiger partial charge in [-0.3, -0.25) is 4.79 Å². The lowest BCUT2D eigenvalue weighted by Crippen LogP contribution is -2.17. The summed E-state index contributed by atoms with van der Waals surface area (Å²) in [7, 11) is 0. The highest BCUT2D eigenvalue weighted by atomic mass is 32.2. The lowest BCUT2D eigenvalue weighted by atomic mass is 10.1. The van der Waals surface area contributed by atoms with Gasteiger partial charge < -0.3 is 4.74 Å². The molecule has 64 valence electrons. The Morgan fingerprint density at radius 2 is 2.55 bits per heavy atom. The number of rotatable bonds is 3. The van der Waals surface area contributed by atoms with Crippen molar-refractivity contribution in [1.82, 2.24) is 0 Å². The summed E-state index contributed by atoms with van der Waals surface area (Å²) in [5, 5.41) is 0. The van der Waals surface area contributed by atoms with E-state index in [0.717, 1.165) is 24.3 Å². The van der Waals surface area contributed by atoms with Crippen molar-refractivity contribution in [2.75, 3.05) is 18.1 Å². The van der Waals surface area contributed by atoms with Crippen LogP contribution in [0.4, 0.5) is 0 Å². The molecule has 1 heterocycles. The third-order valence-corrected chi connectivity index (χ3v) is 2.87. The van der Waals surface area contributed by atoms with Gasteiger partial charge in [0.1, 0.15) is 0 Å². The van der Waals surface area contributed by atoms with Gasteiger partial charge in [0.2, 0.25) is 0 Å². The van der Waals surface area contributed by atoms with E-state index in [4.69, 9.17) is 4.74 Å². The standard InChI is InChI=1S/C8H14O2S/c1-2-4-10-8(9)7-3-5-11-6-7/h7H,2-6H2,1H3. The van der Waals surface area contributed by atoms with E-state index in [-0.39, 0.29) is 11.9 Å². The number of hydrogen-bond acceptors (Lipinski definition) is 3. The second-order valence-corrected chi connectivity index (χ2v) is 3.88. The van der Waals surface area contributed by atoms with Crippen molar-refractivity contribution in [3.05, 3.63) is 0 Å². The van der Waals surface area contributed by atoms with Gasteiger partial charge in [0.25, 0.3) is 0 Å². The van der Waals surface area contributed by atoms with Gasteiger partial charge >= 0.3 is 5.97 Å². The lowest BCUT2D eigenvalue weighted by molar-refractivity contribution is -0.147. The minimum absolute atomic E-state index is 0.0110. The predicted octanol–water partition coefficient (Wildman–Crippen LogP) is 1.69. The highest BCUT2D eigenvalue weighted by Gasteiger charge is 2.23. The van der Waals surface area contributed by atoms with E-state index in [1.165, 1.54) is 0 Å². The quantitative estimate of drug-likeness (QED) is 0.609. The maximum atomic E-state index is 11.2. The van der Waals surface area contributed by atoms with Crippen molar-refractivity contribution in [2.45, 2.75) is 19.8 Å². The molecule has 1 saturated heterocycles. The van der Waals surface area contributed by atoms with Crippen molar-refractivity contribution in [3.63, 3.8) is 0 Å². The fraction of sp³-hybridized carbons (Fsp3) is 0.875. The van der Waals surface area contributed by atoms with Crippen molar-refractivity contribution < 1.29 is 9.53 Å². The Bertz CT molecular complexity index is 130. The SMILES string of the molecule is CCCOC(=O)C1CCSC1. The van der Waals surface area contributed by atoms with Crippen molar-refractivity contribution in [2.24, 2.45) is 5.92 Å². The molecule has 0 aromatic rings. The molecule has 0 spiro atoms. The normalized spacial score (nSPS) is 23.5. The third-order valence-electron chi connectivity index (χ3n) is 1.71. The first-order valence-electron chi connectivity index (χ1n) is 4.09. The molecule has 1 aliphatic heterocycles. The number of thioether (sulfide) groups is 1. The van der Waals surface area contributed by atoms with Crippen LogP contribution in [0.2, 0.25) is 0 Å². The molecule has 1 unspecified atom stereocenters. The van der Waals surface area contributed by atoms with Crippen molar-refractivity contribution in [1.29, 1.82) is 0 Å². The molecule has 0 aromatic carbocycles. The largest absolute Gasteiger partial charge is 0.465 e. The summed E-state index contributed by atoms with van der Waals surface area (Å²) in [5.74, 6) is 2.28. The Labute approximate surface area is 71.7 Å². The summed E-state index contributed by atoms with van der Waals surface area (Å²) in [6.45, 7) is 2.59. The summed E-state index contributed by atoms with van der Waals surface area (Å²) in [4.78, 5) is 11.2. The van der Waals surface area contributed by atoms with Crippen LogP contribution in [0.25, 0.3) is 0 Å². The molecule has 0 radical (unpaired) electrons. The summed E-state index contributed by atoms with van der Waals surface area (Å²) in [6.07, 6.45) is 1.93. The number of hydrogen-bond donors (Lipinski definition) is 0. The number of esters is 1. The Morgan fingerprint density at radius 1 is 1.73 bits per heavy atom. The van der Waals surface area contributed by atoms with E-state index in [9.17, 15) is 4.79 Å². The molecule has 1 atom stereocenters. The second-order valence-electron chi connectivity index (χ2n) is 2.73. The van der Waals surface area contributed by atoms with E-state index in [2.05, 4.69) is 0 Å². The van der Waals surface area contributed by atoms with E-state index in [1.807, 2.05) is 18.7 Å². The molecule has 1 rings (SSSR count). The Balaban J connectivity index is 2.17. The minimum atomic E-state index is 0.0110. The van der Waals surface area contributed by atoms with Gasteiger partial charge in [-0.1, -0.05) is 6.92 Å². The summed E-state index contributed by atoms with van der Waals surface area (Å²) < 4.78 is 5.02. The Hall–Kier alpha value is -0.180. The fourth-order valence-electron chi connectivity index (χ4n) is 1.04. The highest BCUT2D eigenvalue weighted by Crippen LogP contribution is 2.24. The van der Waals surface area contributed by atoms with Crippen LogP contribution in [-0.4, -0.2) is 24.1 Å². The van der Waals surface area contributed by atoms with Crippen molar-refractivity contribution in [3.8, 4) is 0 Å². The zero-order chi connectivity index (χ0) is 8.10. The molecule has 1 aliphatic rings. The molecule has 0 aromatic heterocycles. The van der Waals surface area contributed by atoms with Gasteiger partial charge in [0.05, 0.1) is 12.5 Å². The van der Waals surface area contributed by atoms with Crippen LogP contribution in [0.3, 0.4) is 0 Å². The molecular formula is C8H14O2S. The molecular weight excluding hydrogens is 160 g/mol. The van der Waals surface area contributed by atoms with Crippen LogP contribution < -0.4 is 0 Å². The smallest absolute Gasteiger partial charge is 0.309 e. The third kappa shape index (κ3) is 2.73. The molecule has 0 N–H and O–H groups in total. The maximum absolute atomic E-state index is 11.2. The van der Waals surface area contributed by atoms with E-state index >= 15 is 0 Å². The van der Waals surface area contributed by atoms with Crippen LogP contribution in [0, 0.1) is 5.92 Å². The minimum Gasteiger partial charge on any atom is -0.465 e. The van der Waals surface area contributed by atoms with E-state index in [1.54, 1.807) is 0 Å². The van der Waals surface area contributed by atoms with E-state index < -0.39 is 0 Å². The Morgan fingerprint density at radius 3 is 3.09 bits per heavy atom. The number of ether oxygens (including phenoxy) is 1. The van der Waals surface area contributed by atoms with Crippen LogP contribution >= 0.6 is 11.8 Å². The zero-order valence-corrected chi connectivity index (χ0v) is 7.65. The second kappa shape index (κ2) is 4.65. The van der Waals surface area contributed by atoms with Crippen LogP contribution in [0.15, 0.2) is 0 Å². The molecule has 0 amide bonds. The van der Waals surface area contributed by atoms with E-state index in [0.29, 0.717) is 6.61 Å². The van der Waals surface area contributed by atoms with Gasteiger partial charge in [-0.25, -0.2) is 0 Å². The van der Waals surface area contributed by atoms with Crippen LogP contribution in [0.1, 0.15) is 19.8 Å². The van der Waals surface area contributed by atoms with Gasteiger partial charge in [-0.2, -0.15) is 11.8 Å². The average Bonchev–Trinajstić information content (AvgIpc) is 2.52. The molecule has 0 bridgehead atoms. The fourth-order valence-corrected chi connectivity index (χ4v) is 2.25. The predicted molar refractivity (Wildman–Crippen MR) is 46.7 cm³/mol. The first-order valence-corrected chi connectivity index (χ1v) is 5.24. The van der Waals surface area contributed by atoms with Gasteiger partial charge in [0, 0.05) is 5.75 Å². The topological polar surface area (TPSA) is 26.3 Å². The first-order chi connectivity index (χ1) is 5.34. The Kier molecular flexibility index (Phi) is 3.77. The lowest BCUT2D eigenvalue weighted by Gasteiger charge is -2.06. The zero-order valence-electron chi connectivity index (χ0n) is 6.84.